The van der Waals surface area contributed by atoms with E-state index in [4.69, 9.17) is 4.98 Å². The van der Waals surface area contributed by atoms with Crippen molar-refractivity contribution in [3.8, 4) is 11.5 Å². The number of nitrogens with zero attached hydrogens (tertiary/aromatic N) is 3. The van der Waals surface area contributed by atoms with E-state index in [2.05, 4.69) is 46.2 Å². The summed E-state index contributed by atoms with van der Waals surface area (Å²) in [5.74, 6) is 1.93. The monoisotopic (exact) mass is 299 g/mol. The number of H-pyrrole nitrogens is 1. The van der Waals surface area contributed by atoms with E-state index in [1.54, 1.807) is 0 Å². The maximum Gasteiger partial charge on any atom is 0.156 e. The van der Waals surface area contributed by atoms with Crippen LogP contribution < -0.4 is 10.2 Å². The molecule has 22 heavy (non-hydrogen) atoms. The molecular weight excluding hydrogens is 274 g/mol. The molecule has 1 saturated heterocycles. The minimum Gasteiger partial charge on any atom is -0.355 e. The fraction of sp³-hybridized carbons (Fsp3) is 0.529. The van der Waals surface area contributed by atoms with Gasteiger partial charge in [-0.25, -0.2) is 9.97 Å². The molecule has 3 heterocycles. The Hall–Kier alpha value is -1.88. The Morgan fingerprint density at radius 1 is 1.18 bits per heavy atom. The van der Waals surface area contributed by atoms with Gasteiger partial charge < -0.3 is 15.2 Å². The quantitative estimate of drug-likeness (QED) is 0.911. The van der Waals surface area contributed by atoms with Crippen LogP contribution >= 0.6 is 0 Å². The molecule has 2 aromatic heterocycles. The molecule has 0 atom stereocenters. The SMILES string of the molecule is CCCc1[nH]c(-c2cccc(N3CCCNCC3)n2)nc1C. The molecule has 3 rings (SSSR count). The Balaban J connectivity index is 1.85. The topological polar surface area (TPSA) is 56.8 Å². The highest BCUT2D eigenvalue weighted by atomic mass is 15.2. The molecule has 5 nitrogen and oxygen atoms in total. The van der Waals surface area contributed by atoms with Crippen LogP contribution in [0.4, 0.5) is 5.82 Å². The predicted molar refractivity (Wildman–Crippen MR) is 90.3 cm³/mol. The second kappa shape index (κ2) is 6.92. The number of aryl methyl sites for hydroxylation is 2. The van der Waals surface area contributed by atoms with Gasteiger partial charge in [0.2, 0.25) is 0 Å². The van der Waals surface area contributed by atoms with Crippen LogP contribution in [0.5, 0.6) is 0 Å². The van der Waals surface area contributed by atoms with Crippen molar-refractivity contribution in [1.82, 2.24) is 20.3 Å². The summed E-state index contributed by atoms with van der Waals surface area (Å²) < 4.78 is 0. The maximum absolute atomic E-state index is 4.83. The maximum atomic E-state index is 4.83. The summed E-state index contributed by atoms with van der Waals surface area (Å²) in [6, 6.07) is 6.21. The number of imidazole rings is 1. The molecule has 0 unspecified atom stereocenters. The van der Waals surface area contributed by atoms with E-state index in [1.807, 2.05) is 6.07 Å². The minimum atomic E-state index is 0.885. The lowest BCUT2D eigenvalue weighted by molar-refractivity contribution is 0.724. The van der Waals surface area contributed by atoms with Crippen LogP contribution in [0.3, 0.4) is 0 Å². The summed E-state index contributed by atoms with van der Waals surface area (Å²) in [4.78, 5) is 15.3. The second-order valence-electron chi connectivity index (χ2n) is 5.87. The Labute approximate surface area is 132 Å². The molecule has 0 amide bonds. The predicted octanol–water partition coefficient (Wildman–Crippen LogP) is 2.53. The van der Waals surface area contributed by atoms with Gasteiger partial charge in [-0.3, -0.25) is 0 Å². The van der Waals surface area contributed by atoms with Crippen molar-refractivity contribution < 1.29 is 0 Å². The van der Waals surface area contributed by atoms with Crippen molar-refractivity contribution in [2.45, 2.75) is 33.1 Å². The first-order chi connectivity index (χ1) is 10.8. The first-order valence-corrected chi connectivity index (χ1v) is 8.26. The van der Waals surface area contributed by atoms with Crippen molar-refractivity contribution in [3.63, 3.8) is 0 Å². The van der Waals surface area contributed by atoms with Gasteiger partial charge in [0.15, 0.2) is 5.82 Å². The number of pyridine rings is 1. The van der Waals surface area contributed by atoms with Crippen molar-refractivity contribution in [2.24, 2.45) is 0 Å². The van der Waals surface area contributed by atoms with E-state index in [0.717, 1.165) is 68.5 Å². The summed E-state index contributed by atoms with van der Waals surface area (Å²) >= 11 is 0. The Morgan fingerprint density at radius 3 is 2.95 bits per heavy atom. The number of anilines is 1. The summed E-state index contributed by atoms with van der Waals surface area (Å²) in [7, 11) is 0. The van der Waals surface area contributed by atoms with E-state index in [-0.39, 0.29) is 0 Å². The molecule has 118 valence electrons. The zero-order chi connectivity index (χ0) is 15.4. The molecule has 0 saturated carbocycles. The van der Waals surface area contributed by atoms with Crippen molar-refractivity contribution in [3.05, 3.63) is 29.6 Å². The fourth-order valence-electron chi connectivity index (χ4n) is 2.92. The van der Waals surface area contributed by atoms with Crippen molar-refractivity contribution in [2.75, 3.05) is 31.1 Å². The standard InChI is InChI=1S/C17H25N5/c1-3-6-14-13(2)19-17(21-14)15-7-4-8-16(20-15)22-11-5-9-18-10-12-22/h4,7-8,18H,3,5-6,9-12H2,1-2H3,(H,19,21). The molecule has 2 N–H and O–H groups in total. The van der Waals surface area contributed by atoms with E-state index < -0.39 is 0 Å². The molecular formula is C17H25N5. The Kier molecular flexibility index (Phi) is 4.73. The third-order valence-corrected chi connectivity index (χ3v) is 4.13. The highest BCUT2D eigenvalue weighted by Crippen LogP contribution is 2.20. The van der Waals surface area contributed by atoms with E-state index in [0.29, 0.717) is 0 Å². The number of hydrogen-bond acceptors (Lipinski definition) is 4. The van der Waals surface area contributed by atoms with E-state index in [9.17, 15) is 0 Å². The van der Waals surface area contributed by atoms with Crippen LogP contribution in [-0.4, -0.2) is 41.1 Å². The van der Waals surface area contributed by atoms with Gasteiger partial charge in [0.1, 0.15) is 11.5 Å². The Bertz CT molecular complexity index is 611. The van der Waals surface area contributed by atoms with Gasteiger partial charge in [-0.2, -0.15) is 0 Å². The molecule has 1 fully saturated rings. The molecule has 0 spiro atoms. The molecule has 0 aliphatic carbocycles. The highest BCUT2D eigenvalue weighted by molar-refractivity contribution is 5.55. The molecule has 0 aromatic carbocycles. The van der Waals surface area contributed by atoms with Gasteiger partial charge in [0.25, 0.3) is 0 Å². The summed E-state index contributed by atoms with van der Waals surface area (Å²) in [5, 5.41) is 3.43. The lowest BCUT2D eigenvalue weighted by atomic mass is 10.2. The molecule has 2 aromatic rings. The van der Waals surface area contributed by atoms with Gasteiger partial charge in [-0.15, -0.1) is 0 Å². The summed E-state index contributed by atoms with van der Waals surface area (Å²) in [5.41, 5.74) is 3.24. The van der Waals surface area contributed by atoms with Gasteiger partial charge in [0, 0.05) is 25.3 Å². The van der Waals surface area contributed by atoms with Crippen molar-refractivity contribution in [1.29, 1.82) is 0 Å². The number of aromatic nitrogens is 3. The first-order valence-electron chi connectivity index (χ1n) is 8.26. The van der Waals surface area contributed by atoms with Gasteiger partial charge in [-0.05, 0) is 38.4 Å². The lowest BCUT2D eigenvalue weighted by Gasteiger charge is -2.21. The van der Waals surface area contributed by atoms with E-state index >= 15 is 0 Å². The van der Waals surface area contributed by atoms with Crippen LogP contribution in [0.2, 0.25) is 0 Å². The molecule has 0 radical (unpaired) electrons. The molecule has 0 bridgehead atoms. The van der Waals surface area contributed by atoms with Crippen LogP contribution in [-0.2, 0) is 6.42 Å². The van der Waals surface area contributed by atoms with Crippen LogP contribution in [0, 0.1) is 6.92 Å². The number of hydrogen-bond donors (Lipinski definition) is 2. The second-order valence-corrected chi connectivity index (χ2v) is 5.87. The minimum absolute atomic E-state index is 0.885. The zero-order valence-electron chi connectivity index (χ0n) is 13.5. The smallest absolute Gasteiger partial charge is 0.156 e. The first kappa shape index (κ1) is 15.0. The fourth-order valence-corrected chi connectivity index (χ4v) is 2.92. The summed E-state index contributed by atoms with van der Waals surface area (Å²) in [6.45, 7) is 8.43. The molecule has 1 aliphatic rings. The zero-order valence-corrected chi connectivity index (χ0v) is 13.5. The highest BCUT2D eigenvalue weighted by Gasteiger charge is 2.13. The average Bonchev–Trinajstić information content (AvgIpc) is 2.76. The average molecular weight is 299 g/mol. The Morgan fingerprint density at radius 2 is 2.09 bits per heavy atom. The third kappa shape index (κ3) is 3.30. The third-order valence-electron chi connectivity index (χ3n) is 4.13. The number of nitrogens with one attached hydrogen (secondary N) is 2. The molecule has 5 heteroatoms. The largest absolute Gasteiger partial charge is 0.355 e. The normalized spacial score (nSPS) is 15.8. The summed E-state index contributed by atoms with van der Waals surface area (Å²) in [6.07, 6.45) is 3.32. The number of rotatable bonds is 4. The lowest BCUT2D eigenvalue weighted by Crippen LogP contribution is -2.28. The van der Waals surface area contributed by atoms with Crippen LogP contribution in [0.15, 0.2) is 18.2 Å². The number of aromatic amines is 1. The van der Waals surface area contributed by atoms with E-state index in [1.165, 1.54) is 5.69 Å². The van der Waals surface area contributed by atoms with Gasteiger partial charge in [0.05, 0.1) is 5.69 Å². The van der Waals surface area contributed by atoms with Crippen LogP contribution in [0.25, 0.3) is 11.5 Å². The van der Waals surface area contributed by atoms with Gasteiger partial charge >= 0.3 is 0 Å². The molecule has 1 aliphatic heterocycles. The van der Waals surface area contributed by atoms with Gasteiger partial charge in [-0.1, -0.05) is 19.4 Å². The van der Waals surface area contributed by atoms with Crippen LogP contribution in [0.1, 0.15) is 31.2 Å². The van der Waals surface area contributed by atoms with Crippen molar-refractivity contribution >= 4 is 5.82 Å².